The smallest absolute Gasteiger partial charge is 0.163 e. The molecule has 0 radical (unpaired) electrons. The summed E-state index contributed by atoms with van der Waals surface area (Å²) in [6.07, 6.45) is 1.73. The van der Waals surface area contributed by atoms with Gasteiger partial charge in [-0.25, -0.2) is 0 Å². The van der Waals surface area contributed by atoms with E-state index in [9.17, 15) is 0 Å². The van der Waals surface area contributed by atoms with E-state index in [2.05, 4.69) is 34.2 Å². The lowest BCUT2D eigenvalue weighted by Gasteiger charge is -2.32. The normalized spacial score (nSPS) is 19.5. The summed E-state index contributed by atoms with van der Waals surface area (Å²) in [5.41, 5.74) is 2.19. The van der Waals surface area contributed by atoms with Crippen LogP contribution < -0.4 is 0 Å². The van der Waals surface area contributed by atoms with Crippen LogP contribution in [0.15, 0.2) is 30.6 Å². The second kappa shape index (κ2) is 7.00. The summed E-state index contributed by atoms with van der Waals surface area (Å²) in [6.45, 7) is 6.34. The standard InChI is InChI=1S/C16H22N4O2/c1-2-20-12-17-18-16(20)15-10-19(7-8-22-15)9-13-3-5-14(11-21)6-4-13/h3-6,12,15,21H,2,7-11H2,1H3/t15-/m0/s1. The molecule has 6 nitrogen and oxygen atoms in total. The van der Waals surface area contributed by atoms with E-state index in [1.807, 2.05) is 16.7 Å². The van der Waals surface area contributed by atoms with Crippen molar-refractivity contribution in [3.05, 3.63) is 47.5 Å². The number of aromatic nitrogens is 3. The second-order valence-corrected chi connectivity index (χ2v) is 5.54. The summed E-state index contributed by atoms with van der Waals surface area (Å²) < 4.78 is 7.90. The number of hydrogen-bond acceptors (Lipinski definition) is 5. The van der Waals surface area contributed by atoms with E-state index in [0.717, 1.165) is 37.6 Å². The topological polar surface area (TPSA) is 63.4 Å². The minimum Gasteiger partial charge on any atom is -0.392 e. The van der Waals surface area contributed by atoms with Crippen molar-refractivity contribution in [2.24, 2.45) is 0 Å². The fourth-order valence-corrected chi connectivity index (χ4v) is 2.77. The van der Waals surface area contributed by atoms with Gasteiger partial charge in [-0.1, -0.05) is 24.3 Å². The molecule has 3 rings (SSSR count). The molecule has 0 spiro atoms. The zero-order valence-corrected chi connectivity index (χ0v) is 12.9. The Morgan fingerprint density at radius 1 is 1.27 bits per heavy atom. The Morgan fingerprint density at radius 3 is 2.77 bits per heavy atom. The Bertz CT molecular complexity index is 596. The van der Waals surface area contributed by atoms with Gasteiger partial charge in [-0.05, 0) is 18.1 Å². The first-order valence-electron chi connectivity index (χ1n) is 7.70. The highest BCUT2D eigenvalue weighted by Gasteiger charge is 2.25. The van der Waals surface area contributed by atoms with Crippen molar-refractivity contribution in [2.75, 3.05) is 19.7 Å². The monoisotopic (exact) mass is 302 g/mol. The highest BCUT2D eigenvalue weighted by Crippen LogP contribution is 2.21. The van der Waals surface area contributed by atoms with Gasteiger partial charge >= 0.3 is 0 Å². The molecule has 1 aromatic carbocycles. The predicted octanol–water partition coefficient (Wildman–Crippen LogP) is 1.36. The van der Waals surface area contributed by atoms with Crippen LogP contribution in [0.5, 0.6) is 0 Å². The lowest BCUT2D eigenvalue weighted by atomic mass is 10.1. The van der Waals surface area contributed by atoms with Gasteiger partial charge in [0.25, 0.3) is 0 Å². The van der Waals surface area contributed by atoms with Gasteiger partial charge in [0.05, 0.1) is 13.2 Å². The molecule has 0 unspecified atom stereocenters. The SMILES string of the molecule is CCn1cnnc1[C@@H]1CN(Cc2ccc(CO)cc2)CCO1. The van der Waals surface area contributed by atoms with Crippen molar-refractivity contribution < 1.29 is 9.84 Å². The van der Waals surface area contributed by atoms with Crippen LogP contribution in [0.4, 0.5) is 0 Å². The van der Waals surface area contributed by atoms with Crippen molar-refractivity contribution in [1.29, 1.82) is 0 Å². The lowest BCUT2D eigenvalue weighted by Crippen LogP contribution is -2.38. The number of morpholine rings is 1. The molecule has 0 aliphatic carbocycles. The fourth-order valence-electron chi connectivity index (χ4n) is 2.77. The number of nitrogens with zero attached hydrogens (tertiary/aromatic N) is 4. The van der Waals surface area contributed by atoms with Crippen LogP contribution in [0, 0.1) is 0 Å². The summed E-state index contributed by atoms with van der Waals surface area (Å²) in [4.78, 5) is 2.37. The maximum absolute atomic E-state index is 9.10. The summed E-state index contributed by atoms with van der Waals surface area (Å²) in [5, 5.41) is 17.3. The Labute approximate surface area is 130 Å². The van der Waals surface area contributed by atoms with E-state index in [-0.39, 0.29) is 12.7 Å². The minimum atomic E-state index is -0.0204. The predicted molar refractivity (Wildman–Crippen MR) is 82.0 cm³/mol. The Morgan fingerprint density at radius 2 is 2.05 bits per heavy atom. The molecule has 0 saturated carbocycles. The first-order chi connectivity index (χ1) is 10.8. The minimum absolute atomic E-state index is 0.0204. The molecule has 2 aromatic rings. The van der Waals surface area contributed by atoms with Gasteiger partial charge in [0.2, 0.25) is 0 Å². The first kappa shape index (κ1) is 15.1. The van der Waals surface area contributed by atoms with Gasteiger partial charge in [0.15, 0.2) is 5.82 Å². The van der Waals surface area contributed by atoms with Gasteiger partial charge in [-0.15, -0.1) is 10.2 Å². The van der Waals surface area contributed by atoms with E-state index in [4.69, 9.17) is 9.84 Å². The molecular weight excluding hydrogens is 280 g/mol. The van der Waals surface area contributed by atoms with Crippen LogP contribution in [-0.2, 0) is 24.4 Å². The van der Waals surface area contributed by atoms with Crippen molar-refractivity contribution in [3.8, 4) is 0 Å². The molecular formula is C16H22N4O2. The molecule has 1 fully saturated rings. The quantitative estimate of drug-likeness (QED) is 0.903. The van der Waals surface area contributed by atoms with Crippen LogP contribution in [0.2, 0.25) is 0 Å². The van der Waals surface area contributed by atoms with Crippen molar-refractivity contribution in [1.82, 2.24) is 19.7 Å². The maximum Gasteiger partial charge on any atom is 0.163 e. The Balaban J connectivity index is 1.65. The zero-order chi connectivity index (χ0) is 15.4. The molecule has 1 N–H and O–H groups in total. The van der Waals surface area contributed by atoms with E-state index in [0.29, 0.717) is 6.61 Å². The number of benzene rings is 1. The Hall–Kier alpha value is -1.76. The van der Waals surface area contributed by atoms with Crippen molar-refractivity contribution in [2.45, 2.75) is 32.7 Å². The average molecular weight is 302 g/mol. The fraction of sp³-hybridized carbons (Fsp3) is 0.500. The average Bonchev–Trinajstić information content (AvgIpc) is 3.04. The summed E-state index contributed by atoms with van der Waals surface area (Å²) in [6, 6.07) is 8.09. The molecule has 1 atom stereocenters. The number of aliphatic hydroxyl groups excluding tert-OH is 1. The third-order valence-electron chi connectivity index (χ3n) is 4.04. The molecule has 6 heteroatoms. The summed E-state index contributed by atoms with van der Waals surface area (Å²) in [7, 11) is 0. The van der Waals surface area contributed by atoms with Crippen LogP contribution in [0.25, 0.3) is 0 Å². The molecule has 1 saturated heterocycles. The van der Waals surface area contributed by atoms with Crippen molar-refractivity contribution in [3.63, 3.8) is 0 Å². The highest BCUT2D eigenvalue weighted by atomic mass is 16.5. The number of aliphatic hydroxyl groups is 1. The zero-order valence-electron chi connectivity index (χ0n) is 12.9. The van der Waals surface area contributed by atoms with Crippen molar-refractivity contribution >= 4 is 0 Å². The van der Waals surface area contributed by atoms with Crippen LogP contribution in [-0.4, -0.2) is 44.5 Å². The number of aryl methyl sites for hydroxylation is 1. The van der Waals surface area contributed by atoms with E-state index in [1.165, 1.54) is 5.56 Å². The van der Waals surface area contributed by atoms with Crippen LogP contribution in [0.1, 0.15) is 30.0 Å². The lowest BCUT2D eigenvalue weighted by molar-refractivity contribution is -0.0388. The molecule has 22 heavy (non-hydrogen) atoms. The van der Waals surface area contributed by atoms with Gasteiger partial charge in [0.1, 0.15) is 12.4 Å². The van der Waals surface area contributed by atoms with E-state index < -0.39 is 0 Å². The van der Waals surface area contributed by atoms with E-state index in [1.54, 1.807) is 6.33 Å². The number of ether oxygens (including phenoxy) is 1. The molecule has 118 valence electrons. The highest BCUT2D eigenvalue weighted by molar-refractivity contribution is 5.22. The largest absolute Gasteiger partial charge is 0.392 e. The molecule has 1 aromatic heterocycles. The van der Waals surface area contributed by atoms with Gasteiger partial charge < -0.3 is 14.4 Å². The van der Waals surface area contributed by atoms with Gasteiger partial charge in [-0.2, -0.15) is 0 Å². The molecule has 0 amide bonds. The summed E-state index contributed by atoms with van der Waals surface area (Å²) >= 11 is 0. The third-order valence-corrected chi connectivity index (χ3v) is 4.04. The molecule has 2 heterocycles. The second-order valence-electron chi connectivity index (χ2n) is 5.54. The maximum atomic E-state index is 9.10. The van der Waals surface area contributed by atoms with Gasteiger partial charge in [-0.3, -0.25) is 4.90 Å². The molecule has 1 aliphatic heterocycles. The van der Waals surface area contributed by atoms with E-state index >= 15 is 0 Å². The first-order valence-corrected chi connectivity index (χ1v) is 7.70. The number of rotatable bonds is 5. The van der Waals surface area contributed by atoms with Crippen LogP contribution >= 0.6 is 0 Å². The number of hydrogen-bond donors (Lipinski definition) is 1. The third kappa shape index (κ3) is 3.35. The summed E-state index contributed by atoms with van der Waals surface area (Å²) in [5.74, 6) is 0.905. The molecule has 0 bridgehead atoms. The van der Waals surface area contributed by atoms with Gasteiger partial charge in [0, 0.05) is 26.2 Å². The molecule has 1 aliphatic rings. The van der Waals surface area contributed by atoms with Crippen LogP contribution in [0.3, 0.4) is 0 Å². The Kier molecular flexibility index (Phi) is 4.82.